The lowest BCUT2D eigenvalue weighted by atomic mass is 10.1. The first kappa shape index (κ1) is 14.2. The zero-order valence-corrected chi connectivity index (χ0v) is 12.9. The summed E-state index contributed by atoms with van der Waals surface area (Å²) in [4.78, 5) is 16.8. The Kier molecular flexibility index (Phi) is 4.01. The topological polar surface area (TPSA) is 47.6 Å². The molecular formula is C16H24N4O. The summed E-state index contributed by atoms with van der Waals surface area (Å²) in [6.07, 6.45) is 2.42. The highest BCUT2D eigenvalue weighted by Gasteiger charge is 2.24. The molecule has 1 aromatic carbocycles. The molecule has 5 nitrogen and oxygen atoms in total. The van der Waals surface area contributed by atoms with E-state index in [2.05, 4.69) is 22.6 Å². The summed E-state index contributed by atoms with van der Waals surface area (Å²) in [7, 11) is 4.05. The molecule has 2 heterocycles. The highest BCUT2D eigenvalue weighted by Crippen LogP contribution is 2.26. The summed E-state index contributed by atoms with van der Waals surface area (Å²) in [6.45, 7) is 3.76. The molecule has 1 aromatic rings. The van der Waals surface area contributed by atoms with Crippen molar-refractivity contribution in [3.05, 3.63) is 23.8 Å². The quantitative estimate of drug-likeness (QED) is 0.888. The monoisotopic (exact) mass is 288 g/mol. The van der Waals surface area contributed by atoms with E-state index in [9.17, 15) is 4.79 Å². The minimum absolute atomic E-state index is 0.102. The van der Waals surface area contributed by atoms with Gasteiger partial charge in [-0.3, -0.25) is 4.79 Å². The molecule has 2 aliphatic heterocycles. The van der Waals surface area contributed by atoms with Gasteiger partial charge in [0.25, 0.3) is 5.91 Å². The highest BCUT2D eigenvalue weighted by molar-refractivity contribution is 5.96. The van der Waals surface area contributed by atoms with E-state index in [1.165, 1.54) is 12.8 Å². The van der Waals surface area contributed by atoms with Crippen LogP contribution in [0.1, 0.15) is 23.2 Å². The van der Waals surface area contributed by atoms with Gasteiger partial charge in [-0.15, -0.1) is 0 Å². The van der Waals surface area contributed by atoms with Gasteiger partial charge in [0.15, 0.2) is 0 Å². The van der Waals surface area contributed by atoms with E-state index in [-0.39, 0.29) is 5.91 Å². The molecule has 21 heavy (non-hydrogen) atoms. The van der Waals surface area contributed by atoms with Crippen LogP contribution in [-0.2, 0) is 0 Å². The molecule has 1 amide bonds. The lowest BCUT2D eigenvalue weighted by molar-refractivity contribution is 0.0761. The van der Waals surface area contributed by atoms with Crippen LogP contribution in [0.25, 0.3) is 0 Å². The zero-order valence-electron chi connectivity index (χ0n) is 12.9. The van der Waals surface area contributed by atoms with Crippen LogP contribution in [0.3, 0.4) is 0 Å². The number of nitrogens with zero attached hydrogens (tertiary/aromatic N) is 2. The Morgan fingerprint density at radius 2 is 2.10 bits per heavy atom. The van der Waals surface area contributed by atoms with E-state index >= 15 is 0 Å². The Labute approximate surface area is 126 Å². The fraction of sp³-hybridized carbons (Fsp3) is 0.562. The fourth-order valence-electron chi connectivity index (χ4n) is 3.20. The normalized spacial score (nSPS) is 21.3. The van der Waals surface area contributed by atoms with E-state index in [0.717, 1.165) is 43.1 Å². The number of nitrogens with one attached hydrogen (secondary N) is 2. The summed E-state index contributed by atoms with van der Waals surface area (Å²) >= 11 is 0. The fourth-order valence-corrected chi connectivity index (χ4v) is 3.20. The second kappa shape index (κ2) is 5.93. The van der Waals surface area contributed by atoms with Crippen molar-refractivity contribution in [2.45, 2.75) is 18.9 Å². The number of hydrogen-bond acceptors (Lipinski definition) is 4. The van der Waals surface area contributed by atoms with Gasteiger partial charge in [0.05, 0.1) is 11.4 Å². The molecule has 2 aliphatic rings. The average Bonchev–Trinajstić information content (AvgIpc) is 2.91. The summed E-state index contributed by atoms with van der Waals surface area (Å²) in [5, 5.41) is 6.66. The van der Waals surface area contributed by atoms with Gasteiger partial charge in [-0.1, -0.05) is 0 Å². The molecule has 0 radical (unpaired) electrons. The predicted molar refractivity (Wildman–Crippen MR) is 86.0 cm³/mol. The van der Waals surface area contributed by atoms with Crippen molar-refractivity contribution in [3.8, 4) is 0 Å². The molecule has 0 aromatic heterocycles. The number of hydrogen-bond donors (Lipinski definition) is 2. The first-order valence-corrected chi connectivity index (χ1v) is 7.72. The van der Waals surface area contributed by atoms with Gasteiger partial charge in [0, 0.05) is 38.3 Å². The molecular weight excluding hydrogens is 264 g/mol. The predicted octanol–water partition coefficient (Wildman–Crippen LogP) is 1.69. The molecule has 0 bridgehead atoms. The Morgan fingerprint density at radius 3 is 2.81 bits per heavy atom. The van der Waals surface area contributed by atoms with Crippen molar-refractivity contribution in [1.82, 2.24) is 9.80 Å². The molecule has 5 heteroatoms. The molecule has 1 saturated heterocycles. The van der Waals surface area contributed by atoms with E-state index in [0.29, 0.717) is 6.04 Å². The van der Waals surface area contributed by atoms with Crippen LogP contribution in [-0.4, -0.2) is 62.0 Å². The van der Waals surface area contributed by atoms with Gasteiger partial charge in [-0.2, -0.15) is 0 Å². The SMILES string of the molecule is CN(CC1CCCN1C)C(=O)c1ccc2c(c1)NCCN2. The van der Waals surface area contributed by atoms with Gasteiger partial charge in [0.2, 0.25) is 0 Å². The van der Waals surface area contributed by atoms with Gasteiger partial charge in [0.1, 0.15) is 0 Å². The zero-order chi connectivity index (χ0) is 14.8. The van der Waals surface area contributed by atoms with Crippen LogP contribution >= 0.6 is 0 Å². The first-order valence-electron chi connectivity index (χ1n) is 7.72. The number of benzene rings is 1. The minimum Gasteiger partial charge on any atom is -0.382 e. The third kappa shape index (κ3) is 2.97. The Bertz CT molecular complexity index is 531. The van der Waals surface area contributed by atoms with E-state index in [1.54, 1.807) is 0 Å². The number of carbonyl (C=O) groups is 1. The molecule has 0 aliphatic carbocycles. The Balaban J connectivity index is 1.69. The summed E-state index contributed by atoms with van der Waals surface area (Å²) in [6, 6.07) is 6.36. The number of likely N-dealkylation sites (tertiary alicyclic amines) is 1. The van der Waals surface area contributed by atoms with Crippen LogP contribution in [0.2, 0.25) is 0 Å². The van der Waals surface area contributed by atoms with Crippen molar-refractivity contribution in [2.75, 3.05) is 50.9 Å². The number of likely N-dealkylation sites (N-methyl/N-ethyl adjacent to an activating group) is 2. The maximum absolute atomic E-state index is 12.6. The van der Waals surface area contributed by atoms with Crippen molar-refractivity contribution in [2.24, 2.45) is 0 Å². The number of fused-ring (bicyclic) bond motifs is 1. The molecule has 2 N–H and O–H groups in total. The van der Waals surface area contributed by atoms with Crippen molar-refractivity contribution in [3.63, 3.8) is 0 Å². The van der Waals surface area contributed by atoms with Crippen LogP contribution in [0, 0.1) is 0 Å². The maximum Gasteiger partial charge on any atom is 0.253 e. The summed E-state index contributed by atoms with van der Waals surface area (Å²) in [5.41, 5.74) is 2.86. The molecule has 0 spiro atoms. The number of carbonyl (C=O) groups excluding carboxylic acids is 1. The smallest absolute Gasteiger partial charge is 0.253 e. The molecule has 1 atom stereocenters. The maximum atomic E-state index is 12.6. The van der Waals surface area contributed by atoms with Crippen LogP contribution in [0.15, 0.2) is 18.2 Å². The second-order valence-electron chi connectivity index (χ2n) is 6.08. The van der Waals surface area contributed by atoms with Gasteiger partial charge in [-0.05, 0) is 44.6 Å². The minimum atomic E-state index is 0.102. The number of rotatable bonds is 3. The second-order valence-corrected chi connectivity index (χ2v) is 6.08. The van der Waals surface area contributed by atoms with Crippen LogP contribution in [0.4, 0.5) is 11.4 Å². The van der Waals surface area contributed by atoms with Gasteiger partial charge >= 0.3 is 0 Å². The van der Waals surface area contributed by atoms with Crippen molar-refractivity contribution >= 4 is 17.3 Å². The van der Waals surface area contributed by atoms with Gasteiger partial charge in [-0.25, -0.2) is 0 Å². The Morgan fingerprint density at radius 1 is 1.33 bits per heavy atom. The standard InChI is InChI=1S/C16H24N4O/c1-19-9-3-4-13(19)11-20(2)16(21)12-5-6-14-15(10-12)18-8-7-17-14/h5-6,10,13,17-18H,3-4,7-9,11H2,1-2H3. The van der Waals surface area contributed by atoms with E-state index in [4.69, 9.17) is 0 Å². The van der Waals surface area contributed by atoms with Crippen molar-refractivity contribution in [1.29, 1.82) is 0 Å². The average molecular weight is 288 g/mol. The lowest BCUT2D eigenvalue weighted by Gasteiger charge is -2.26. The first-order chi connectivity index (χ1) is 10.1. The number of anilines is 2. The molecule has 1 fully saturated rings. The highest BCUT2D eigenvalue weighted by atomic mass is 16.2. The van der Waals surface area contributed by atoms with E-state index < -0.39 is 0 Å². The van der Waals surface area contributed by atoms with Crippen LogP contribution in [0.5, 0.6) is 0 Å². The molecule has 0 saturated carbocycles. The Hall–Kier alpha value is -1.75. The summed E-state index contributed by atoms with van der Waals surface area (Å²) < 4.78 is 0. The molecule has 3 rings (SSSR count). The lowest BCUT2D eigenvalue weighted by Crippen LogP contribution is -2.39. The number of amides is 1. The van der Waals surface area contributed by atoms with Crippen LogP contribution < -0.4 is 10.6 Å². The van der Waals surface area contributed by atoms with Gasteiger partial charge < -0.3 is 20.4 Å². The third-order valence-corrected chi connectivity index (χ3v) is 4.53. The van der Waals surface area contributed by atoms with E-state index in [1.807, 2.05) is 30.1 Å². The third-order valence-electron chi connectivity index (χ3n) is 4.53. The summed E-state index contributed by atoms with van der Waals surface area (Å²) in [5.74, 6) is 0.102. The molecule has 1 unspecified atom stereocenters. The van der Waals surface area contributed by atoms with Crippen molar-refractivity contribution < 1.29 is 4.79 Å². The molecule has 114 valence electrons. The largest absolute Gasteiger partial charge is 0.382 e.